The second kappa shape index (κ2) is 9.89. The predicted octanol–water partition coefficient (Wildman–Crippen LogP) is 2.33. The first-order valence-corrected chi connectivity index (χ1v) is 11.6. The Morgan fingerprint density at radius 2 is 1.73 bits per heavy atom. The fourth-order valence-corrected chi connectivity index (χ4v) is 4.54. The number of carbonyl (C=O) groups excluding carboxylic acids is 2. The van der Waals surface area contributed by atoms with Gasteiger partial charge in [-0.15, -0.1) is 0 Å². The summed E-state index contributed by atoms with van der Waals surface area (Å²) in [6.07, 6.45) is 0. The van der Waals surface area contributed by atoms with Gasteiger partial charge in [-0.3, -0.25) is 4.79 Å². The number of Topliss-reactive ketones (excluding diaryl/α,β-unsaturated/α-hetero) is 1. The highest BCUT2D eigenvalue weighted by Gasteiger charge is 2.28. The Labute approximate surface area is 179 Å². The number of hydrogen-bond acceptors (Lipinski definition) is 7. The largest absolute Gasteiger partial charge is 0.454 e. The lowest BCUT2D eigenvalue weighted by atomic mass is 9.91. The Hall–Kier alpha value is -1.97. The molecule has 8 nitrogen and oxygen atoms in total. The van der Waals surface area contributed by atoms with Gasteiger partial charge in [0.05, 0.1) is 29.4 Å². The van der Waals surface area contributed by atoms with E-state index < -0.39 is 21.4 Å². The molecule has 0 atom stereocenters. The third kappa shape index (κ3) is 5.59. The van der Waals surface area contributed by atoms with Crippen LogP contribution in [0.2, 0.25) is 0 Å². The molecule has 1 saturated heterocycles. The van der Waals surface area contributed by atoms with Crippen molar-refractivity contribution in [2.24, 2.45) is 5.41 Å². The number of sulfonamides is 1. The van der Waals surface area contributed by atoms with Crippen LogP contribution in [0.3, 0.4) is 0 Å². The lowest BCUT2D eigenvalue weighted by Crippen LogP contribution is -2.37. The molecule has 0 aromatic heterocycles. The zero-order chi connectivity index (χ0) is 22.5. The first-order valence-electron chi connectivity index (χ1n) is 10.2. The molecule has 0 radical (unpaired) electrons. The number of ether oxygens (including phenoxy) is 2. The zero-order valence-electron chi connectivity index (χ0n) is 18.4. The van der Waals surface area contributed by atoms with Crippen molar-refractivity contribution in [1.29, 1.82) is 0 Å². The van der Waals surface area contributed by atoms with Crippen molar-refractivity contribution >= 4 is 27.5 Å². The Morgan fingerprint density at radius 3 is 2.27 bits per heavy atom. The molecule has 9 heteroatoms. The van der Waals surface area contributed by atoms with E-state index in [1.807, 2.05) is 4.90 Å². The van der Waals surface area contributed by atoms with Gasteiger partial charge in [0.2, 0.25) is 10.0 Å². The number of rotatable bonds is 8. The summed E-state index contributed by atoms with van der Waals surface area (Å²) in [5.74, 6) is -0.929. The fraction of sp³-hybridized carbons (Fsp3) is 0.619. The van der Waals surface area contributed by atoms with E-state index in [-0.39, 0.29) is 22.8 Å². The fourth-order valence-electron chi connectivity index (χ4n) is 3.06. The molecule has 2 rings (SSSR count). The van der Waals surface area contributed by atoms with E-state index in [1.165, 1.54) is 16.4 Å². The highest BCUT2D eigenvalue weighted by molar-refractivity contribution is 7.89. The Kier molecular flexibility index (Phi) is 8.01. The SMILES string of the molecule is CCN(CC)S(=O)(=O)c1ccc(N2CCOCC2)c(C(=O)OCC(=O)C(C)(C)C)c1. The van der Waals surface area contributed by atoms with Crippen LogP contribution >= 0.6 is 0 Å². The average molecular weight is 441 g/mol. The maximum absolute atomic E-state index is 12.9. The molecule has 0 saturated carbocycles. The first kappa shape index (κ1) is 24.3. The Morgan fingerprint density at radius 1 is 1.13 bits per heavy atom. The van der Waals surface area contributed by atoms with E-state index in [4.69, 9.17) is 9.47 Å². The van der Waals surface area contributed by atoms with Gasteiger partial charge < -0.3 is 14.4 Å². The van der Waals surface area contributed by atoms with Gasteiger partial charge in [0, 0.05) is 31.6 Å². The average Bonchev–Trinajstić information content (AvgIpc) is 2.71. The van der Waals surface area contributed by atoms with E-state index in [1.54, 1.807) is 40.7 Å². The summed E-state index contributed by atoms with van der Waals surface area (Å²) in [5.41, 5.74) is 0.0678. The lowest BCUT2D eigenvalue weighted by Gasteiger charge is -2.30. The second-order valence-corrected chi connectivity index (χ2v) is 10.1. The molecule has 0 aliphatic carbocycles. The lowest BCUT2D eigenvalue weighted by molar-refractivity contribution is -0.129. The molecule has 0 amide bonds. The smallest absolute Gasteiger partial charge is 0.340 e. The third-order valence-electron chi connectivity index (χ3n) is 5.05. The molecule has 1 heterocycles. The monoisotopic (exact) mass is 440 g/mol. The molecular formula is C21H32N2O6S. The maximum atomic E-state index is 12.9. The van der Waals surface area contributed by atoms with Crippen LogP contribution in [0.25, 0.3) is 0 Å². The minimum atomic E-state index is -3.74. The summed E-state index contributed by atoms with van der Waals surface area (Å²) in [6.45, 7) is 11.2. The number of nitrogens with zero attached hydrogens (tertiary/aromatic N) is 2. The minimum Gasteiger partial charge on any atom is -0.454 e. The number of ketones is 1. The number of morpholine rings is 1. The van der Waals surface area contributed by atoms with E-state index in [9.17, 15) is 18.0 Å². The molecule has 1 aromatic rings. The molecule has 1 fully saturated rings. The van der Waals surface area contributed by atoms with Gasteiger partial charge in [0.15, 0.2) is 12.4 Å². The maximum Gasteiger partial charge on any atom is 0.340 e. The van der Waals surface area contributed by atoms with E-state index in [2.05, 4.69) is 0 Å². The summed E-state index contributed by atoms with van der Waals surface area (Å²) in [7, 11) is -3.74. The van der Waals surface area contributed by atoms with Crippen molar-refractivity contribution in [3.05, 3.63) is 23.8 Å². The summed E-state index contributed by atoms with van der Waals surface area (Å²) >= 11 is 0. The van der Waals surface area contributed by atoms with Gasteiger partial charge >= 0.3 is 5.97 Å². The Bertz CT molecular complexity index is 866. The molecule has 0 spiro atoms. The van der Waals surface area contributed by atoms with Crippen molar-refractivity contribution in [3.8, 4) is 0 Å². The van der Waals surface area contributed by atoms with E-state index >= 15 is 0 Å². The van der Waals surface area contributed by atoms with Gasteiger partial charge in [-0.1, -0.05) is 34.6 Å². The number of hydrogen-bond donors (Lipinski definition) is 0. The van der Waals surface area contributed by atoms with Crippen LogP contribution in [0.15, 0.2) is 23.1 Å². The molecule has 30 heavy (non-hydrogen) atoms. The van der Waals surface area contributed by atoms with Crippen LogP contribution in [0.4, 0.5) is 5.69 Å². The second-order valence-electron chi connectivity index (χ2n) is 8.12. The van der Waals surface area contributed by atoms with Gasteiger partial charge in [0.25, 0.3) is 0 Å². The highest BCUT2D eigenvalue weighted by atomic mass is 32.2. The minimum absolute atomic E-state index is 0.0253. The highest BCUT2D eigenvalue weighted by Crippen LogP contribution is 2.28. The predicted molar refractivity (Wildman–Crippen MR) is 114 cm³/mol. The summed E-state index contributed by atoms with van der Waals surface area (Å²) in [6, 6.07) is 4.49. The molecule has 1 aromatic carbocycles. The summed E-state index contributed by atoms with van der Waals surface area (Å²) < 4.78 is 37.9. The third-order valence-corrected chi connectivity index (χ3v) is 7.10. The van der Waals surface area contributed by atoms with Crippen molar-refractivity contribution < 1.29 is 27.5 Å². The molecule has 1 aliphatic rings. The number of benzene rings is 1. The van der Waals surface area contributed by atoms with Gasteiger partial charge in [-0.2, -0.15) is 4.31 Å². The van der Waals surface area contributed by atoms with E-state index in [0.717, 1.165) is 0 Å². The van der Waals surface area contributed by atoms with Crippen LogP contribution in [0.1, 0.15) is 45.0 Å². The molecule has 0 bridgehead atoms. The van der Waals surface area contributed by atoms with E-state index in [0.29, 0.717) is 45.1 Å². The van der Waals surface area contributed by atoms with Crippen molar-refractivity contribution in [2.45, 2.75) is 39.5 Å². The molecule has 168 valence electrons. The normalized spacial score (nSPS) is 15.3. The molecule has 0 unspecified atom stereocenters. The van der Waals surface area contributed by atoms with Crippen LogP contribution < -0.4 is 4.90 Å². The topological polar surface area (TPSA) is 93.2 Å². The summed E-state index contributed by atoms with van der Waals surface area (Å²) in [4.78, 5) is 27.0. The number of carbonyl (C=O) groups is 2. The van der Waals surface area contributed by atoms with Gasteiger partial charge in [0.1, 0.15) is 0 Å². The number of esters is 1. The summed E-state index contributed by atoms with van der Waals surface area (Å²) in [5, 5.41) is 0. The number of anilines is 1. The van der Waals surface area contributed by atoms with Crippen LogP contribution in [0, 0.1) is 5.41 Å². The van der Waals surface area contributed by atoms with Crippen molar-refractivity contribution in [2.75, 3.05) is 50.9 Å². The standard InChI is InChI=1S/C21H32N2O6S/c1-6-23(7-2)30(26,27)16-8-9-18(22-10-12-28-13-11-22)17(14-16)20(25)29-15-19(24)21(3,4)5/h8-9,14H,6-7,10-13,15H2,1-5H3. The molecule has 1 aliphatic heterocycles. The van der Waals surface area contributed by atoms with Crippen LogP contribution in [0.5, 0.6) is 0 Å². The van der Waals surface area contributed by atoms with Gasteiger partial charge in [-0.25, -0.2) is 13.2 Å². The van der Waals surface area contributed by atoms with Crippen LogP contribution in [-0.4, -0.2) is 70.5 Å². The quantitative estimate of drug-likeness (QED) is 0.573. The first-order chi connectivity index (χ1) is 14.0. The zero-order valence-corrected chi connectivity index (χ0v) is 19.3. The van der Waals surface area contributed by atoms with Crippen molar-refractivity contribution in [1.82, 2.24) is 4.31 Å². The van der Waals surface area contributed by atoms with Crippen LogP contribution in [-0.2, 0) is 24.3 Å². The molecular weight excluding hydrogens is 408 g/mol. The van der Waals surface area contributed by atoms with Gasteiger partial charge in [-0.05, 0) is 18.2 Å². The van der Waals surface area contributed by atoms with Crippen molar-refractivity contribution in [3.63, 3.8) is 0 Å². The Balaban J connectivity index is 2.42. The molecule has 0 N–H and O–H groups in total.